The van der Waals surface area contributed by atoms with Crippen molar-refractivity contribution in [2.24, 2.45) is 0 Å². The van der Waals surface area contributed by atoms with Gasteiger partial charge >= 0.3 is 12.0 Å². The predicted octanol–water partition coefficient (Wildman–Crippen LogP) is 3.39. The molecule has 0 radical (unpaired) electrons. The minimum atomic E-state index is -0.672. The maximum absolute atomic E-state index is 12.9. The van der Waals surface area contributed by atoms with E-state index >= 15 is 0 Å². The second-order valence-corrected chi connectivity index (χ2v) is 7.77. The Morgan fingerprint density at radius 2 is 1.94 bits per heavy atom. The van der Waals surface area contributed by atoms with Crippen molar-refractivity contribution in [3.8, 4) is 17.2 Å². The number of nitrogens with one attached hydrogen (secondary N) is 2. The van der Waals surface area contributed by atoms with Gasteiger partial charge in [0.05, 0.1) is 25.3 Å². The summed E-state index contributed by atoms with van der Waals surface area (Å²) in [5.74, 6) is 1.86. The average Bonchev–Trinajstić information content (AvgIpc) is 3.25. The lowest BCUT2D eigenvalue weighted by atomic mass is 9.95. The van der Waals surface area contributed by atoms with Gasteiger partial charge in [-0.05, 0) is 48.9 Å². The highest BCUT2D eigenvalue weighted by atomic mass is 32.2. The Morgan fingerprint density at radius 3 is 2.68 bits per heavy atom. The molecular formula is C22H22N2O6S. The lowest BCUT2D eigenvalue weighted by Gasteiger charge is -2.29. The summed E-state index contributed by atoms with van der Waals surface area (Å²) in [6, 6.07) is 11.8. The summed E-state index contributed by atoms with van der Waals surface area (Å²) in [6.07, 6.45) is 0. The number of carbonyl (C=O) groups excluding carboxylic acids is 2. The summed E-state index contributed by atoms with van der Waals surface area (Å²) >= 11 is 1.50. The Morgan fingerprint density at radius 1 is 1.16 bits per heavy atom. The standard InChI is InChI=1S/C22H22N2O6S/c1-3-28-21(25)19-16(11-31-15-7-5-14(27-2)6-8-15)23-22(26)24-20(19)13-4-9-17-18(10-13)30-12-29-17/h4-10,20H,3,11-12H2,1-2H3,(H2,23,24,26). The molecule has 2 heterocycles. The molecule has 162 valence electrons. The van der Waals surface area contributed by atoms with E-state index in [1.165, 1.54) is 11.8 Å². The fourth-order valence-electron chi connectivity index (χ4n) is 3.35. The topological polar surface area (TPSA) is 95.1 Å². The van der Waals surface area contributed by atoms with Gasteiger partial charge in [-0.15, -0.1) is 11.8 Å². The van der Waals surface area contributed by atoms with Crippen molar-refractivity contribution in [1.29, 1.82) is 0 Å². The van der Waals surface area contributed by atoms with E-state index in [0.29, 0.717) is 34.1 Å². The van der Waals surface area contributed by atoms with Crippen LogP contribution in [0.15, 0.2) is 58.6 Å². The number of thioether (sulfide) groups is 1. The van der Waals surface area contributed by atoms with Gasteiger partial charge in [0.2, 0.25) is 6.79 Å². The van der Waals surface area contributed by atoms with Gasteiger partial charge in [0.25, 0.3) is 0 Å². The van der Waals surface area contributed by atoms with Crippen molar-refractivity contribution in [2.75, 3.05) is 26.3 Å². The Labute approximate surface area is 183 Å². The molecule has 0 aromatic heterocycles. The van der Waals surface area contributed by atoms with E-state index in [0.717, 1.165) is 10.6 Å². The van der Waals surface area contributed by atoms with Crippen LogP contribution in [0.25, 0.3) is 0 Å². The fraction of sp³-hybridized carbons (Fsp3) is 0.273. The summed E-state index contributed by atoms with van der Waals surface area (Å²) in [5.41, 5.74) is 1.57. The number of fused-ring (bicyclic) bond motifs is 1. The first-order chi connectivity index (χ1) is 15.1. The molecular weight excluding hydrogens is 420 g/mol. The first kappa shape index (κ1) is 20.9. The number of rotatable bonds is 7. The predicted molar refractivity (Wildman–Crippen MR) is 114 cm³/mol. The highest BCUT2D eigenvalue weighted by Crippen LogP contribution is 2.37. The number of hydrogen-bond acceptors (Lipinski definition) is 7. The van der Waals surface area contributed by atoms with Crippen LogP contribution in [0.5, 0.6) is 17.2 Å². The minimum Gasteiger partial charge on any atom is -0.497 e. The number of hydrogen-bond donors (Lipinski definition) is 2. The first-order valence-electron chi connectivity index (χ1n) is 9.73. The molecule has 0 aliphatic carbocycles. The molecule has 1 atom stereocenters. The van der Waals surface area contributed by atoms with Gasteiger partial charge in [0.1, 0.15) is 5.75 Å². The molecule has 2 aromatic carbocycles. The number of esters is 1. The van der Waals surface area contributed by atoms with E-state index < -0.39 is 12.0 Å². The SMILES string of the molecule is CCOC(=O)C1=C(CSc2ccc(OC)cc2)NC(=O)NC1c1ccc2c(c1)OCO2. The summed E-state index contributed by atoms with van der Waals surface area (Å²) in [5, 5.41) is 5.60. The summed E-state index contributed by atoms with van der Waals surface area (Å²) in [4.78, 5) is 26.3. The number of urea groups is 1. The summed E-state index contributed by atoms with van der Waals surface area (Å²) < 4.78 is 21.3. The van der Waals surface area contributed by atoms with E-state index in [9.17, 15) is 9.59 Å². The Kier molecular flexibility index (Phi) is 6.22. The van der Waals surface area contributed by atoms with Crippen LogP contribution in [0.3, 0.4) is 0 Å². The number of ether oxygens (including phenoxy) is 4. The normalized spacial score (nSPS) is 17.1. The quantitative estimate of drug-likeness (QED) is 0.501. The van der Waals surface area contributed by atoms with Gasteiger partial charge in [0, 0.05) is 16.3 Å². The number of carbonyl (C=O) groups is 2. The van der Waals surface area contributed by atoms with E-state index in [2.05, 4.69) is 10.6 Å². The van der Waals surface area contributed by atoms with Crippen LogP contribution in [-0.2, 0) is 9.53 Å². The molecule has 31 heavy (non-hydrogen) atoms. The molecule has 2 amide bonds. The second kappa shape index (κ2) is 9.22. The molecule has 8 nitrogen and oxygen atoms in total. The summed E-state index contributed by atoms with van der Waals surface area (Å²) in [6.45, 7) is 2.11. The maximum atomic E-state index is 12.9. The average molecular weight is 442 g/mol. The van der Waals surface area contributed by atoms with E-state index in [1.54, 1.807) is 32.2 Å². The maximum Gasteiger partial charge on any atom is 0.338 e. The van der Waals surface area contributed by atoms with Gasteiger partial charge < -0.3 is 29.6 Å². The zero-order valence-corrected chi connectivity index (χ0v) is 17.9. The molecule has 0 fully saturated rings. The minimum absolute atomic E-state index is 0.141. The van der Waals surface area contributed by atoms with Crippen LogP contribution in [0.4, 0.5) is 4.79 Å². The van der Waals surface area contributed by atoms with Crippen LogP contribution in [0, 0.1) is 0 Å². The van der Waals surface area contributed by atoms with Gasteiger partial charge in [-0.3, -0.25) is 0 Å². The largest absolute Gasteiger partial charge is 0.497 e. The molecule has 0 saturated carbocycles. The molecule has 4 rings (SSSR count). The molecule has 1 unspecified atom stereocenters. The first-order valence-corrected chi connectivity index (χ1v) is 10.7. The number of benzene rings is 2. The Bertz CT molecular complexity index is 1020. The van der Waals surface area contributed by atoms with Crippen LogP contribution >= 0.6 is 11.8 Å². The molecule has 2 aliphatic rings. The number of amides is 2. The molecule has 0 spiro atoms. The number of methoxy groups -OCH3 is 1. The molecule has 2 aliphatic heterocycles. The van der Waals surface area contributed by atoms with Crippen LogP contribution in [-0.4, -0.2) is 38.3 Å². The third-order valence-corrected chi connectivity index (χ3v) is 5.86. The molecule has 9 heteroatoms. The molecule has 0 saturated heterocycles. The lowest BCUT2D eigenvalue weighted by molar-refractivity contribution is -0.139. The zero-order valence-electron chi connectivity index (χ0n) is 17.1. The van der Waals surface area contributed by atoms with Crippen molar-refractivity contribution >= 4 is 23.8 Å². The third kappa shape index (κ3) is 4.56. The monoisotopic (exact) mass is 442 g/mol. The van der Waals surface area contributed by atoms with Gasteiger partial charge in [0.15, 0.2) is 11.5 Å². The Hall–Kier alpha value is -3.33. The van der Waals surface area contributed by atoms with E-state index in [-0.39, 0.29) is 19.4 Å². The van der Waals surface area contributed by atoms with Crippen molar-refractivity contribution in [2.45, 2.75) is 17.9 Å². The third-order valence-electron chi connectivity index (χ3n) is 4.82. The fourth-order valence-corrected chi connectivity index (χ4v) is 4.22. The van der Waals surface area contributed by atoms with Crippen molar-refractivity contribution in [3.63, 3.8) is 0 Å². The van der Waals surface area contributed by atoms with Crippen LogP contribution in [0.1, 0.15) is 18.5 Å². The highest BCUT2D eigenvalue weighted by Gasteiger charge is 2.34. The van der Waals surface area contributed by atoms with E-state index in [1.807, 2.05) is 24.3 Å². The molecule has 2 N–H and O–H groups in total. The zero-order chi connectivity index (χ0) is 21.8. The van der Waals surface area contributed by atoms with Gasteiger partial charge in [-0.2, -0.15) is 0 Å². The van der Waals surface area contributed by atoms with Crippen molar-refractivity contribution < 1.29 is 28.5 Å². The Balaban J connectivity index is 1.66. The van der Waals surface area contributed by atoms with Gasteiger partial charge in [-0.25, -0.2) is 9.59 Å². The highest BCUT2D eigenvalue weighted by molar-refractivity contribution is 7.99. The summed E-state index contributed by atoms with van der Waals surface area (Å²) in [7, 11) is 1.61. The van der Waals surface area contributed by atoms with Crippen LogP contribution < -0.4 is 24.8 Å². The van der Waals surface area contributed by atoms with Crippen molar-refractivity contribution in [3.05, 3.63) is 59.3 Å². The van der Waals surface area contributed by atoms with Gasteiger partial charge in [-0.1, -0.05) is 6.07 Å². The molecule has 0 bridgehead atoms. The molecule has 2 aromatic rings. The van der Waals surface area contributed by atoms with Crippen LogP contribution in [0.2, 0.25) is 0 Å². The second-order valence-electron chi connectivity index (χ2n) is 6.72. The lowest BCUT2D eigenvalue weighted by Crippen LogP contribution is -2.46. The van der Waals surface area contributed by atoms with E-state index in [4.69, 9.17) is 18.9 Å². The smallest absolute Gasteiger partial charge is 0.338 e. The van der Waals surface area contributed by atoms with Crippen molar-refractivity contribution in [1.82, 2.24) is 10.6 Å².